The molecule has 1 rings (SSSR count). The molecule has 1 fully saturated rings. The van der Waals surface area contributed by atoms with E-state index in [2.05, 4.69) is 55.0 Å². The van der Waals surface area contributed by atoms with E-state index in [-0.39, 0.29) is 0 Å². The SMILES string of the molecule is CCCCCCCC/C=C\CCCCCCCN(CCCCCCC/C=C\CCCCCCCC)C1CCN(C)C1. The standard InChI is InChI=1S/C39H76N2/c1-4-6-8-10-12-14-16-18-20-22-24-26-28-30-32-35-41(39-34-37-40(3)38-39)36-33-31-29-27-25-23-21-19-17-15-13-11-9-7-5-2/h18-21,39H,4-17,22-38H2,1-3H3/b20-18-,21-19-. The largest absolute Gasteiger partial charge is 0.305 e. The van der Waals surface area contributed by atoms with Gasteiger partial charge in [-0.25, -0.2) is 0 Å². The molecule has 2 heteroatoms. The molecule has 41 heavy (non-hydrogen) atoms. The van der Waals surface area contributed by atoms with E-state index in [0.717, 1.165) is 6.04 Å². The molecule has 1 aliphatic heterocycles. The predicted octanol–water partition coefficient (Wildman–Crippen LogP) is 12.3. The fraction of sp³-hybridized carbons (Fsp3) is 0.897. The van der Waals surface area contributed by atoms with Gasteiger partial charge in [-0.05, 0) is 97.3 Å². The number of likely N-dealkylation sites (tertiary alicyclic amines) is 1. The van der Waals surface area contributed by atoms with Crippen molar-refractivity contribution in [3.05, 3.63) is 24.3 Å². The molecule has 0 aromatic rings. The van der Waals surface area contributed by atoms with E-state index in [4.69, 9.17) is 0 Å². The second-order valence-electron chi connectivity index (χ2n) is 13.4. The van der Waals surface area contributed by atoms with Gasteiger partial charge in [-0.15, -0.1) is 0 Å². The van der Waals surface area contributed by atoms with Crippen LogP contribution in [0.15, 0.2) is 24.3 Å². The third kappa shape index (κ3) is 25.6. The smallest absolute Gasteiger partial charge is 0.0235 e. The first-order chi connectivity index (χ1) is 20.3. The quantitative estimate of drug-likeness (QED) is 0.0602. The van der Waals surface area contributed by atoms with Crippen molar-refractivity contribution in [2.75, 3.05) is 33.2 Å². The monoisotopic (exact) mass is 573 g/mol. The molecule has 0 radical (unpaired) electrons. The molecular weight excluding hydrogens is 496 g/mol. The van der Waals surface area contributed by atoms with E-state index in [0.29, 0.717) is 0 Å². The van der Waals surface area contributed by atoms with Crippen LogP contribution >= 0.6 is 0 Å². The zero-order chi connectivity index (χ0) is 29.5. The van der Waals surface area contributed by atoms with Crippen molar-refractivity contribution < 1.29 is 0 Å². The molecule has 0 saturated carbocycles. The number of nitrogens with zero attached hydrogens (tertiary/aromatic N) is 2. The predicted molar refractivity (Wildman–Crippen MR) is 187 cm³/mol. The van der Waals surface area contributed by atoms with Crippen LogP contribution in [0.3, 0.4) is 0 Å². The van der Waals surface area contributed by atoms with E-state index in [9.17, 15) is 0 Å². The molecule has 0 N–H and O–H groups in total. The van der Waals surface area contributed by atoms with Crippen molar-refractivity contribution in [3.63, 3.8) is 0 Å². The third-order valence-electron chi connectivity index (χ3n) is 9.30. The Hall–Kier alpha value is -0.600. The first kappa shape index (κ1) is 38.4. The van der Waals surface area contributed by atoms with Crippen LogP contribution in [0.1, 0.15) is 187 Å². The third-order valence-corrected chi connectivity index (χ3v) is 9.30. The average molecular weight is 573 g/mol. The van der Waals surface area contributed by atoms with Gasteiger partial charge in [0.15, 0.2) is 0 Å². The normalized spacial score (nSPS) is 16.3. The van der Waals surface area contributed by atoms with Gasteiger partial charge in [0.25, 0.3) is 0 Å². The fourth-order valence-corrected chi connectivity index (χ4v) is 6.46. The molecule has 1 aliphatic rings. The Kier molecular flexibility index (Phi) is 28.9. The summed E-state index contributed by atoms with van der Waals surface area (Å²) in [6, 6.07) is 0.813. The summed E-state index contributed by atoms with van der Waals surface area (Å²) in [7, 11) is 2.31. The van der Waals surface area contributed by atoms with Crippen LogP contribution in [0.5, 0.6) is 0 Å². The molecule has 1 heterocycles. The lowest BCUT2D eigenvalue weighted by Gasteiger charge is -2.29. The molecule has 0 aromatic heterocycles. The van der Waals surface area contributed by atoms with Crippen LogP contribution < -0.4 is 0 Å². The minimum absolute atomic E-state index is 0.813. The number of hydrogen-bond donors (Lipinski definition) is 0. The first-order valence-electron chi connectivity index (χ1n) is 19.0. The summed E-state index contributed by atoms with van der Waals surface area (Å²) >= 11 is 0. The molecule has 0 amide bonds. The lowest BCUT2D eigenvalue weighted by Crippen LogP contribution is -2.38. The Balaban J connectivity index is 2.00. The highest BCUT2D eigenvalue weighted by atomic mass is 15.2. The first-order valence-corrected chi connectivity index (χ1v) is 19.0. The zero-order valence-corrected chi connectivity index (χ0v) is 28.7. The van der Waals surface area contributed by atoms with E-state index in [1.807, 2.05) is 0 Å². The Morgan fingerprint density at radius 3 is 1.17 bits per heavy atom. The highest BCUT2D eigenvalue weighted by molar-refractivity contribution is 4.83. The number of rotatable bonds is 31. The van der Waals surface area contributed by atoms with Crippen LogP contribution in [0.25, 0.3) is 0 Å². The second-order valence-corrected chi connectivity index (χ2v) is 13.4. The van der Waals surface area contributed by atoms with Gasteiger partial charge in [-0.2, -0.15) is 0 Å². The molecule has 1 unspecified atom stereocenters. The Labute approximate surface area is 260 Å². The summed E-state index contributed by atoms with van der Waals surface area (Å²) in [6.45, 7) is 9.84. The molecule has 242 valence electrons. The van der Waals surface area contributed by atoms with Gasteiger partial charge in [0.2, 0.25) is 0 Å². The fourth-order valence-electron chi connectivity index (χ4n) is 6.46. The van der Waals surface area contributed by atoms with Crippen molar-refractivity contribution in [2.24, 2.45) is 0 Å². The van der Waals surface area contributed by atoms with Gasteiger partial charge in [0.1, 0.15) is 0 Å². The molecule has 1 atom stereocenters. The zero-order valence-electron chi connectivity index (χ0n) is 28.7. The summed E-state index contributed by atoms with van der Waals surface area (Å²) in [5.74, 6) is 0. The molecule has 0 aromatic carbocycles. The second kappa shape index (κ2) is 30.8. The molecule has 0 bridgehead atoms. The highest BCUT2D eigenvalue weighted by Gasteiger charge is 2.24. The number of likely N-dealkylation sites (N-methyl/N-ethyl adjacent to an activating group) is 1. The maximum atomic E-state index is 2.87. The number of hydrogen-bond acceptors (Lipinski definition) is 2. The van der Waals surface area contributed by atoms with E-state index < -0.39 is 0 Å². The summed E-state index contributed by atoms with van der Waals surface area (Å²) in [5.41, 5.74) is 0. The van der Waals surface area contributed by atoms with Crippen molar-refractivity contribution >= 4 is 0 Å². The molecular formula is C39H76N2. The highest BCUT2D eigenvalue weighted by Crippen LogP contribution is 2.18. The van der Waals surface area contributed by atoms with Crippen LogP contribution in [-0.2, 0) is 0 Å². The summed E-state index contributed by atoms with van der Waals surface area (Å²) in [6.07, 6.45) is 47.5. The lowest BCUT2D eigenvalue weighted by molar-refractivity contribution is 0.189. The van der Waals surface area contributed by atoms with Crippen molar-refractivity contribution in [3.8, 4) is 0 Å². The van der Waals surface area contributed by atoms with Gasteiger partial charge in [0.05, 0.1) is 0 Å². The summed E-state index contributed by atoms with van der Waals surface area (Å²) in [4.78, 5) is 5.41. The maximum Gasteiger partial charge on any atom is 0.0235 e. The van der Waals surface area contributed by atoms with E-state index in [1.54, 1.807) is 0 Å². The number of allylic oxidation sites excluding steroid dienone is 4. The van der Waals surface area contributed by atoms with Crippen LogP contribution in [-0.4, -0.2) is 49.1 Å². The molecule has 1 saturated heterocycles. The van der Waals surface area contributed by atoms with Crippen molar-refractivity contribution in [2.45, 2.75) is 193 Å². The van der Waals surface area contributed by atoms with E-state index >= 15 is 0 Å². The Morgan fingerprint density at radius 1 is 0.488 bits per heavy atom. The van der Waals surface area contributed by atoms with E-state index in [1.165, 1.54) is 200 Å². The van der Waals surface area contributed by atoms with Gasteiger partial charge in [-0.3, -0.25) is 4.90 Å². The molecule has 2 nitrogen and oxygen atoms in total. The van der Waals surface area contributed by atoms with Crippen molar-refractivity contribution in [1.29, 1.82) is 0 Å². The molecule has 0 aliphatic carbocycles. The number of unbranched alkanes of at least 4 members (excludes halogenated alkanes) is 22. The van der Waals surface area contributed by atoms with Crippen LogP contribution in [0.4, 0.5) is 0 Å². The van der Waals surface area contributed by atoms with Gasteiger partial charge < -0.3 is 4.90 Å². The van der Waals surface area contributed by atoms with Crippen LogP contribution in [0, 0.1) is 0 Å². The summed E-state index contributed by atoms with van der Waals surface area (Å²) < 4.78 is 0. The average Bonchev–Trinajstić information content (AvgIpc) is 3.41. The summed E-state index contributed by atoms with van der Waals surface area (Å²) in [5, 5.41) is 0. The minimum Gasteiger partial charge on any atom is -0.305 e. The van der Waals surface area contributed by atoms with Gasteiger partial charge in [0, 0.05) is 12.6 Å². The Bertz CT molecular complexity index is 528. The Morgan fingerprint density at radius 2 is 0.829 bits per heavy atom. The van der Waals surface area contributed by atoms with Gasteiger partial charge >= 0.3 is 0 Å². The van der Waals surface area contributed by atoms with Crippen molar-refractivity contribution in [1.82, 2.24) is 9.80 Å². The van der Waals surface area contributed by atoms with Gasteiger partial charge in [-0.1, -0.05) is 141 Å². The maximum absolute atomic E-state index is 2.87. The minimum atomic E-state index is 0.813. The van der Waals surface area contributed by atoms with Crippen LogP contribution in [0.2, 0.25) is 0 Å². The lowest BCUT2D eigenvalue weighted by atomic mass is 10.1. The topological polar surface area (TPSA) is 6.48 Å². The molecule has 0 spiro atoms.